The van der Waals surface area contributed by atoms with E-state index in [1.807, 2.05) is 0 Å². The molecule has 0 aliphatic heterocycles. The molecule has 1 fully saturated rings. The molecule has 0 unspecified atom stereocenters. The molecule has 0 radical (unpaired) electrons. The molecule has 78 valence electrons. The summed E-state index contributed by atoms with van der Waals surface area (Å²) in [6, 6.07) is 0. The van der Waals surface area contributed by atoms with E-state index in [-0.39, 0.29) is 0 Å². The Morgan fingerprint density at radius 2 is 2.29 bits per heavy atom. The van der Waals surface area contributed by atoms with Crippen LogP contribution in [0.15, 0.2) is 0 Å². The highest BCUT2D eigenvalue weighted by Gasteiger charge is 2.30. The number of halogens is 1. The highest BCUT2D eigenvalue weighted by Crippen LogP contribution is 2.41. The fourth-order valence-corrected chi connectivity index (χ4v) is 1.92. The minimum absolute atomic E-state index is 0.498. The number of unbranched alkanes of at least 4 members (excludes halogenated alkanes) is 1. The second-order valence-corrected chi connectivity index (χ2v) is 4.17. The smallest absolute Gasteiger partial charge is 0.101 e. The van der Waals surface area contributed by atoms with Crippen molar-refractivity contribution in [2.24, 2.45) is 0 Å². The zero-order valence-corrected chi connectivity index (χ0v) is 9.30. The Morgan fingerprint density at radius 3 is 2.86 bits per heavy atom. The van der Waals surface area contributed by atoms with Crippen LogP contribution in [0.4, 0.5) is 0 Å². The number of rotatable bonds is 5. The lowest BCUT2D eigenvalue weighted by Gasteiger charge is -2.04. The molecule has 4 heteroatoms. The molecule has 0 N–H and O–H groups in total. The number of hydrogen-bond donors (Lipinski definition) is 0. The number of hydrogen-bond acceptors (Lipinski definition) is 2. The SMILES string of the molecule is CCCCn1nnc(CCl)c1C1CC1. The molecule has 1 aromatic rings. The van der Waals surface area contributed by atoms with Gasteiger partial charge < -0.3 is 0 Å². The second kappa shape index (κ2) is 4.30. The minimum atomic E-state index is 0.498. The summed E-state index contributed by atoms with van der Waals surface area (Å²) in [5.74, 6) is 1.19. The summed E-state index contributed by atoms with van der Waals surface area (Å²) in [6.07, 6.45) is 4.93. The molecule has 1 aliphatic rings. The van der Waals surface area contributed by atoms with E-state index < -0.39 is 0 Å². The van der Waals surface area contributed by atoms with Crippen molar-refractivity contribution in [3.63, 3.8) is 0 Å². The van der Waals surface area contributed by atoms with Crippen LogP contribution >= 0.6 is 11.6 Å². The summed E-state index contributed by atoms with van der Waals surface area (Å²) in [4.78, 5) is 0. The molecule has 14 heavy (non-hydrogen) atoms. The Hall–Kier alpha value is -0.570. The van der Waals surface area contributed by atoms with Gasteiger partial charge in [0.2, 0.25) is 0 Å². The van der Waals surface area contributed by atoms with Crippen molar-refractivity contribution in [1.82, 2.24) is 15.0 Å². The predicted octanol–water partition coefficient (Wildman–Crippen LogP) is 2.69. The first-order chi connectivity index (χ1) is 6.86. The lowest BCUT2D eigenvalue weighted by Crippen LogP contribution is -2.05. The third kappa shape index (κ3) is 1.92. The molecule has 1 aliphatic carbocycles. The predicted molar refractivity (Wildman–Crippen MR) is 56.5 cm³/mol. The molecule has 1 aromatic heterocycles. The highest BCUT2D eigenvalue weighted by molar-refractivity contribution is 6.16. The van der Waals surface area contributed by atoms with Crippen LogP contribution in [0.5, 0.6) is 0 Å². The molecule has 2 rings (SSSR count). The standard InChI is InChI=1S/C10H16ClN3/c1-2-3-6-14-10(8-4-5-8)9(7-11)12-13-14/h8H,2-7H2,1H3. The molecule has 0 amide bonds. The van der Waals surface area contributed by atoms with Gasteiger partial charge in [-0.1, -0.05) is 18.6 Å². The van der Waals surface area contributed by atoms with E-state index in [4.69, 9.17) is 11.6 Å². The van der Waals surface area contributed by atoms with Crippen molar-refractivity contribution in [2.75, 3.05) is 0 Å². The van der Waals surface area contributed by atoms with Crippen molar-refractivity contribution in [3.05, 3.63) is 11.4 Å². The first-order valence-electron chi connectivity index (χ1n) is 5.35. The maximum atomic E-state index is 5.84. The number of nitrogens with zero attached hydrogens (tertiary/aromatic N) is 3. The first-order valence-corrected chi connectivity index (χ1v) is 5.88. The van der Waals surface area contributed by atoms with Gasteiger partial charge >= 0.3 is 0 Å². The topological polar surface area (TPSA) is 30.7 Å². The number of alkyl halides is 1. The molecular formula is C10H16ClN3. The number of aryl methyl sites for hydroxylation is 1. The van der Waals surface area contributed by atoms with E-state index in [1.165, 1.54) is 31.4 Å². The molecule has 0 atom stereocenters. The lowest BCUT2D eigenvalue weighted by molar-refractivity contribution is 0.533. The van der Waals surface area contributed by atoms with E-state index in [0.717, 1.165) is 12.2 Å². The number of aromatic nitrogens is 3. The van der Waals surface area contributed by atoms with Crippen LogP contribution in [-0.4, -0.2) is 15.0 Å². The average molecular weight is 214 g/mol. The van der Waals surface area contributed by atoms with Gasteiger partial charge in [-0.15, -0.1) is 16.7 Å². The van der Waals surface area contributed by atoms with E-state index in [2.05, 4.69) is 21.9 Å². The summed E-state index contributed by atoms with van der Waals surface area (Å²) in [7, 11) is 0. The highest BCUT2D eigenvalue weighted by atomic mass is 35.5. The minimum Gasteiger partial charge on any atom is -0.249 e. The van der Waals surface area contributed by atoms with Gasteiger partial charge in [0.1, 0.15) is 5.69 Å². The monoisotopic (exact) mass is 213 g/mol. The summed E-state index contributed by atoms with van der Waals surface area (Å²) < 4.78 is 2.05. The summed E-state index contributed by atoms with van der Waals surface area (Å²) in [5.41, 5.74) is 2.29. The zero-order chi connectivity index (χ0) is 9.97. The third-order valence-electron chi connectivity index (χ3n) is 2.66. The van der Waals surface area contributed by atoms with Gasteiger partial charge in [0.25, 0.3) is 0 Å². The zero-order valence-electron chi connectivity index (χ0n) is 8.54. The normalized spacial score (nSPS) is 16.1. The average Bonchev–Trinajstić information content (AvgIpc) is 2.96. The maximum absolute atomic E-state index is 5.84. The molecular weight excluding hydrogens is 198 g/mol. The van der Waals surface area contributed by atoms with E-state index in [0.29, 0.717) is 11.8 Å². The Bertz CT molecular complexity index is 304. The Kier molecular flexibility index (Phi) is 3.06. The van der Waals surface area contributed by atoms with Gasteiger partial charge in [0, 0.05) is 12.5 Å². The fraction of sp³-hybridized carbons (Fsp3) is 0.800. The van der Waals surface area contributed by atoms with E-state index in [1.54, 1.807) is 0 Å². The molecule has 3 nitrogen and oxygen atoms in total. The van der Waals surface area contributed by atoms with Gasteiger partial charge in [-0.2, -0.15) is 0 Å². The van der Waals surface area contributed by atoms with Crippen molar-refractivity contribution in [3.8, 4) is 0 Å². The summed E-state index contributed by atoms with van der Waals surface area (Å²) in [5, 5.41) is 8.30. The molecule has 1 saturated carbocycles. The molecule has 1 heterocycles. The van der Waals surface area contributed by atoms with Gasteiger partial charge in [0.05, 0.1) is 11.6 Å². The summed E-state index contributed by atoms with van der Waals surface area (Å²) >= 11 is 5.84. The fourth-order valence-electron chi connectivity index (χ4n) is 1.73. The van der Waals surface area contributed by atoms with Crippen LogP contribution < -0.4 is 0 Å². The van der Waals surface area contributed by atoms with Crippen molar-refractivity contribution >= 4 is 11.6 Å². The maximum Gasteiger partial charge on any atom is 0.101 e. The quantitative estimate of drug-likeness (QED) is 0.705. The largest absolute Gasteiger partial charge is 0.249 e. The van der Waals surface area contributed by atoms with Crippen molar-refractivity contribution in [1.29, 1.82) is 0 Å². The van der Waals surface area contributed by atoms with Crippen molar-refractivity contribution in [2.45, 2.75) is 50.9 Å². The van der Waals surface area contributed by atoms with Crippen molar-refractivity contribution < 1.29 is 0 Å². The molecule has 0 saturated heterocycles. The van der Waals surface area contributed by atoms with Crippen LogP contribution in [0.3, 0.4) is 0 Å². The Labute approximate surface area is 89.4 Å². The molecule has 0 bridgehead atoms. The van der Waals surface area contributed by atoms with Crippen LogP contribution in [0.2, 0.25) is 0 Å². The lowest BCUT2D eigenvalue weighted by atomic mass is 10.2. The Balaban J connectivity index is 2.16. The van der Waals surface area contributed by atoms with Crippen LogP contribution in [0.1, 0.15) is 49.9 Å². The van der Waals surface area contributed by atoms with Crippen LogP contribution in [0, 0.1) is 0 Å². The van der Waals surface area contributed by atoms with Gasteiger partial charge in [-0.05, 0) is 19.3 Å². The van der Waals surface area contributed by atoms with Crippen LogP contribution in [-0.2, 0) is 12.4 Å². The van der Waals surface area contributed by atoms with E-state index in [9.17, 15) is 0 Å². The van der Waals surface area contributed by atoms with E-state index >= 15 is 0 Å². The molecule has 0 aromatic carbocycles. The Morgan fingerprint density at radius 1 is 1.50 bits per heavy atom. The van der Waals surface area contributed by atoms with Crippen LogP contribution in [0.25, 0.3) is 0 Å². The summed E-state index contributed by atoms with van der Waals surface area (Å²) in [6.45, 7) is 3.18. The first kappa shape index (κ1) is 9.97. The molecule has 0 spiro atoms. The second-order valence-electron chi connectivity index (χ2n) is 3.91. The van der Waals surface area contributed by atoms with Gasteiger partial charge in [-0.25, -0.2) is 4.68 Å². The van der Waals surface area contributed by atoms with Gasteiger partial charge in [-0.3, -0.25) is 0 Å². The third-order valence-corrected chi connectivity index (χ3v) is 2.91. The van der Waals surface area contributed by atoms with Gasteiger partial charge in [0.15, 0.2) is 0 Å².